The van der Waals surface area contributed by atoms with Gasteiger partial charge >= 0.3 is 29.8 Å². The van der Waals surface area contributed by atoms with Crippen LogP contribution in [0.2, 0.25) is 0 Å². The average Bonchev–Trinajstić information content (AvgIpc) is 0.798. The number of nitrogens with two attached hydrogens (primary N) is 4. The molecule has 0 spiro atoms. The second-order valence-electron chi connectivity index (χ2n) is 31.8. The maximum absolute atomic E-state index is 15.0. The molecule has 40 heteroatoms. The molecule has 12 unspecified atom stereocenters. The summed E-state index contributed by atoms with van der Waals surface area (Å²) in [6.07, 6.45) is -2.87. The predicted molar refractivity (Wildman–Crippen MR) is 432 cm³/mol. The third kappa shape index (κ3) is 25.6. The van der Waals surface area contributed by atoms with Crippen LogP contribution in [0.5, 0.6) is 23.0 Å². The van der Waals surface area contributed by atoms with Crippen LogP contribution in [0.3, 0.4) is 0 Å². The number of hydrogen-bond acceptors (Lipinski definition) is 32. The molecule has 8 amide bonds. The summed E-state index contributed by atoms with van der Waals surface area (Å²) in [7, 11) is 5.66. The Morgan fingerprint density at radius 2 is 0.607 bits per heavy atom. The molecule has 5 aliphatic rings. The number of nitrogens with one attached hydrogen (secondary N) is 8. The number of nitrogens with zero attached hydrogens (tertiary/aromatic N) is 4. The fourth-order valence-electron chi connectivity index (χ4n) is 15.9. The number of rotatable bonds is 19. The summed E-state index contributed by atoms with van der Waals surface area (Å²) in [5.74, 6) is -13.2. The molecule has 0 radical (unpaired) electrons. The minimum atomic E-state index is -1.42. The van der Waals surface area contributed by atoms with E-state index in [1.165, 1.54) is 33.8 Å². The van der Waals surface area contributed by atoms with E-state index in [1.807, 2.05) is 0 Å². The number of hydrogen-bond donors (Lipinski definition) is 16. The molecule has 0 aromatic heterocycles. The van der Waals surface area contributed by atoms with Gasteiger partial charge in [0.25, 0.3) is 23.6 Å². The molecule has 40 nitrogen and oxygen atoms in total. The van der Waals surface area contributed by atoms with Crippen molar-refractivity contribution in [1.29, 1.82) is 0 Å². The molecule has 662 valence electrons. The van der Waals surface area contributed by atoms with Crippen LogP contribution in [0.15, 0.2) is 48.5 Å². The van der Waals surface area contributed by atoms with Gasteiger partial charge in [0.05, 0.1) is 89.9 Å². The van der Waals surface area contributed by atoms with Gasteiger partial charge in [-0.2, -0.15) is 0 Å². The Balaban J connectivity index is 1.14. The summed E-state index contributed by atoms with van der Waals surface area (Å²) >= 11 is 0. The largest absolute Gasteiger partial charge is 0.507 e. The Morgan fingerprint density at radius 1 is 0.369 bits per heavy atom. The van der Waals surface area contributed by atoms with E-state index < -0.39 is 215 Å². The van der Waals surface area contributed by atoms with Gasteiger partial charge < -0.3 is 129 Å². The summed E-state index contributed by atoms with van der Waals surface area (Å²) in [5, 5.41) is 73.8. The van der Waals surface area contributed by atoms with Gasteiger partial charge in [-0.15, -0.1) is 0 Å². The van der Waals surface area contributed by atoms with Crippen molar-refractivity contribution in [2.75, 3.05) is 87.9 Å². The van der Waals surface area contributed by atoms with Crippen molar-refractivity contribution in [3.63, 3.8) is 0 Å². The first-order valence-electron chi connectivity index (χ1n) is 40.0. The highest BCUT2D eigenvalue weighted by molar-refractivity contribution is 6.25. The van der Waals surface area contributed by atoms with Crippen LogP contribution in [0.4, 0.5) is 0 Å². The van der Waals surface area contributed by atoms with Crippen LogP contribution in [0, 0.1) is 0 Å². The molecular weight excluding hydrogens is 1590 g/mol. The lowest BCUT2D eigenvalue weighted by atomic mass is 9.95. The first-order chi connectivity index (χ1) is 57.9. The topological polar surface area (TPSA) is 596 Å². The molecule has 12 atom stereocenters. The minimum absolute atomic E-state index is 0.00940. The monoisotopic (exact) mass is 1700 g/mol. The maximum Gasteiger partial charge on any atom is 0.323 e. The molecule has 122 heavy (non-hydrogen) atoms. The number of Topliss-reactive ketones (excluding diaryl/α,β-unsaturated/α-hetero) is 1. The number of carbonyl (C=O) groups is 15. The number of likely N-dealkylation sites (tertiary alicyclic amines) is 4. The molecule has 20 N–H and O–H groups in total. The van der Waals surface area contributed by atoms with Gasteiger partial charge in [-0.1, -0.05) is 24.3 Å². The highest BCUT2D eigenvalue weighted by Gasteiger charge is 2.40. The Bertz CT molecular complexity index is 4360. The lowest BCUT2D eigenvalue weighted by Crippen LogP contribution is -2.58. The highest BCUT2D eigenvalue weighted by atomic mass is 16.5. The molecule has 9 rings (SSSR count). The fourth-order valence-corrected chi connectivity index (χ4v) is 15.9. The van der Waals surface area contributed by atoms with E-state index in [1.54, 1.807) is 38.1 Å². The Hall–Kier alpha value is -11.8. The maximum atomic E-state index is 15.0. The van der Waals surface area contributed by atoms with E-state index in [0.717, 1.165) is 45.6 Å². The standard InChI is InChI=1S/C82H110N16O24/c1-41(83)8-66(101)95-32-51-22-55(36-95)91-77(112)60-15-45(14-59(100)40-99)16-61(75(60)110)78(113)92-56-23-52(33-96(37-56)67(102)9-42(2)84)88-29-48-11-44(20-71(106)119-4)13-50(74(48)109)31-90-54-25-58(39-98(35-54)69(104)27-65(86)82(117)122-7)94-80(115)63-18-46(21-72(107)120-5)17-62(76(63)111)79(114)93-57-24-53(34-97(38-57)68(103)26-64(85)81(116)121-6)89-30-49-12-43(19-70(105)118-3)10-47(28-87-51)73(49)108/h10-13,15-18,40-42,51-58,64-65,87-90,108-111H,8-9,14,19-39,83-86H2,1-7H3,(H,91,112)(H,92,113)(H,93,114)(H,94,115). The molecule has 16 bridgehead atoms. The quantitative estimate of drug-likeness (QED) is 0.0187. The Morgan fingerprint density at radius 3 is 0.844 bits per heavy atom. The number of benzene rings is 4. The summed E-state index contributed by atoms with van der Waals surface area (Å²) in [6, 6.07) is -0.156. The van der Waals surface area contributed by atoms with E-state index in [-0.39, 0.29) is 181 Å². The number of esters is 5. The summed E-state index contributed by atoms with van der Waals surface area (Å²) in [5.41, 5.74) is 24.0. The first kappa shape index (κ1) is 94.1. The lowest BCUT2D eigenvalue weighted by molar-refractivity contribution is -0.145. The van der Waals surface area contributed by atoms with Crippen LogP contribution >= 0.6 is 0 Å². The van der Waals surface area contributed by atoms with Gasteiger partial charge in [0.15, 0.2) is 12.1 Å². The zero-order valence-electron chi connectivity index (χ0n) is 69.1. The minimum Gasteiger partial charge on any atom is -0.507 e. The van der Waals surface area contributed by atoms with Crippen molar-refractivity contribution < 1.29 is 116 Å². The van der Waals surface area contributed by atoms with Gasteiger partial charge in [0.1, 0.15) is 35.1 Å². The van der Waals surface area contributed by atoms with Gasteiger partial charge in [-0.25, -0.2) is 0 Å². The number of phenols is 4. The Labute approximate surface area is 703 Å². The number of ketones is 1. The molecule has 0 saturated carbocycles. The van der Waals surface area contributed by atoms with Crippen molar-refractivity contribution in [1.82, 2.24) is 62.1 Å². The molecule has 4 fully saturated rings. The normalized spacial score (nSPS) is 21.8. The van der Waals surface area contributed by atoms with Crippen LogP contribution in [0.1, 0.15) is 151 Å². The Kier molecular flexibility index (Phi) is 33.2. The third-order valence-electron chi connectivity index (χ3n) is 21.9. The number of methoxy groups -OCH3 is 5. The smallest absolute Gasteiger partial charge is 0.323 e. The number of ether oxygens (including phenoxy) is 5. The van der Waals surface area contributed by atoms with E-state index in [2.05, 4.69) is 42.5 Å². The average molecular weight is 1700 g/mol. The fraction of sp³-hybridized carbons (Fsp3) is 0.524. The lowest BCUT2D eigenvalue weighted by Gasteiger charge is -2.39. The second kappa shape index (κ2) is 43.1. The number of phenolic OH excluding ortho intramolecular Hbond substituents is 4. The summed E-state index contributed by atoms with van der Waals surface area (Å²) in [4.78, 5) is 211. The molecule has 4 aromatic carbocycles. The van der Waals surface area contributed by atoms with Gasteiger partial charge in [0.2, 0.25) is 23.6 Å². The molecule has 5 heterocycles. The number of carbonyl (C=O) groups excluding carboxylic acids is 15. The van der Waals surface area contributed by atoms with E-state index in [4.69, 9.17) is 46.6 Å². The number of amides is 8. The molecule has 4 saturated heterocycles. The number of aldehydes is 1. The van der Waals surface area contributed by atoms with Crippen LogP contribution in [0.25, 0.3) is 0 Å². The molecule has 4 aromatic rings. The zero-order chi connectivity index (χ0) is 89.1. The summed E-state index contributed by atoms with van der Waals surface area (Å²) < 4.78 is 24.6. The number of fused-ring (bicyclic) bond motifs is 16. The summed E-state index contributed by atoms with van der Waals surface area (Å²) in [6.45, 7) is 1.78. The predicted octanol–water partition coefficient (Wildman–Crippen LogP) is -3.51. The molecule has 0 aliphatic carbocycles. The van der Waals surface area contributed by atoms with Crippen molar-refractivity contribution in [2.45, 2.75) is 190 Å². The van der Waals surface area contributed by atoms with Crippen LogP contribution in [-0.2, 0) is 128 Å². The molecular formula is C82H110N16O24. The van der Waals surface area contributed by atoms with Crippen LogP contribution < -0.4 is 65.5 Å². The first-order valence-corrected chi connectivity index (χ1v) is 40.0. The van der Waals surface area contributed by atoms with Crippen molar-refractivity contribution in [2.24, 2.45) is 22.9 Å². The third-order valence-corrected chi connectivity index (χ3v) is 21.9. The second-order valence-corrected chi connectivity index (χ2v) is 31.8. The van der Waals surface area contributed by atoms with Gasteiger partial charge in [-0.3, -0.25) is 71.9 Å². The molecule has 5 aliphatic heterocycles. The van der Waals surface area contributed by atoms with Crippen molar-refractivity contribution in [3.05, 3.63) is 115 Å². The number of piperidine rings is 4. The van der Waals surface area contributed by atoms with E-state index >= 15 is 0 Å². The van der Waals surface area contributed by atoms with E-state index in [0.29, 0.717) is 11.1 Å². The SMILES string of the molecule is COC(=O)Cc1cc2c(O)c(c1)CNC1CC(CN(C(=O)CC(N)C(=O)OC)C1)NC(=O)c1cc(CC(=O)OC)cc(c1O)C(=O)NC1CC(CN(C(=O)CC(N)C(=O)OC)C1)NCc1cc(CC(=O)OC)cc(c1O)CNC1CC(CN(C(=O)CC(C)N)C1)NC(=O)c1cc(CC(=O)C=O)cc(c1O)C(=O)NC1CC(CN(C(=O)CC(C)N)C1)NC2. The van der Waals surface area contributed by atoms with Crippen molar-refractivity contribution >= 4 is 89.2 Å². The van der Waals surface area contributed by atoms with Gasteiger partial charge in [0, 0.05) is 180 Å². The van der Waals surface area contributed by atoms with Gasteiger partial charge in [-0.05, 0) is 86.1 Å². The van der Waals surface area contributed by atoms with E-state index in [9.17, 15) is 92.3 Å². The van der Waals surface area contributed by atoms with Crippen LogP contribution in [-0.4, -0.2) is 290 Å². The zero-order valence-corrected chi connectivity index (χ0v) is 69.1. The number of aromatic hydroxyl groups is 4. The highest BCUT2D eigenvalue weighted by Crippen LogP contribution is 2.33. The van der Waals surface area contributed by atoms with Crippen molar-refractivity contribution in [3.8, 4) is 23.0 Å².